The number of carbonyl (C=O) groups excluding carboxylic acids is 1. The van der Waals surface area contributed by atoms with E-state index in [0.717, 1.165) is 19.4 Å². The third-order valence-electron chi connectivity index (χ3n) is 3.33. The van der Waals surface area contributed by atoms with E-state index in [1.165, 1.54) is 0 Å². The lowest BCUT2D eigenvalue weighted by atomic mass is 9.73. The van der Waals surface area contributed by atoms with E-state index in [2.05, 4.69) is 27.7 Å². The Kier molecular flexibility index (Phi) is 3.46. The molecule has 0 aliphatic carbocycles. The normalized spacial score (nSPS) is 29.1. The highest BCUT2D eigenvalue weighted by atomic mass is 35.5. The molecule has 2 unspecified atom stereocenters. The van der Waals surface area contributed by atoms with Crippen molar-refractivity contribution in [3.8, 4) is 0 Å². The van der Waals surface area contributed by atoms with Gasteiger partial charge >= 0.3 is 5.37 Å². The van der Waals surface area contributed by atoms with Gasteiger partial charge in [0.25, 0.3) is 0 Å². The number of amides is 1. The molecule has 2 atom stereocenters. The zero-order chi connectivity index (χ0) is 10.9. The molecular weight excluding hydrogens is 198 g/mol. The van der Waals surface area contributed by atoms with Crippen LogP contribution in [-0.4, -0.2) is 22.9 Å². The molecular formula is C11H20ClNO. The number of hydrogen-bond acceptors (Lipinski definition) is 1. The molecule has 0 saturated carbocycles. The number of nitrogens with zero attached hydrogens (tertiary/aromatic N) is 1. The average molecular weight is 218 g/mol. The van der Waals surface area contributed by atoms with Crippen molar-refractivity contribution in [1.29, 1.82) is 0 Å². The molecule has 1 saturated heterocycles. The molecule has 14 heavy (non-hydrogen) atoms. The third-order valence-corrected chi connectivity index (χ3v) is 3.54. The Morgan fingerprint density at radius 3 is 2.36 bits per heavy atom. The van der Waals surface area contributed by atoms with Crippen LogP contribution in [0.5, 0.6) is 0 Å². The fraction of sp³-hybridized carbons (Fsp3) is 0.909. The van der Waals surface area contributed by atoms with Crippen molar-refractivity contribution >= 4 is 17.0 Å². The molecule has 0 aromatic heterocycles. The molecule has 1 heterocycles. The average Bonchev–Trinajstić information content (AvgIpc) is 2.01. The van der Waals surface area contributed by atoms with E-state index in [1.807, 2.05) is 0 Å². The Hall–Kier alpha value is -0.240. The lowest BCUT2D eigenvalue weighted by molar-refractivity contribution is 0.0969. The number of halogens is 1. The number of likely N-dealkylation sites (tertiary alicyclic amines) is 1. The molecule has 1 amide bonds. The van der Waals surface area contributed by atoms with Crippen molar-refractivity contribution < 1.29 is 4.79 Å². The Balaban J connectivity index is 2.60. The smallest absolute Gasteiger partial charge is 0.316 e. The first-order chi connectivity index (χ1) is 6.32. The van der Waals surface area contributed by atoms with Crippen LogP contribution in [0.1, 0.15) is 40.5 Å². The van der Waals surface area contributed by atoms with Crippen molar-refractivity contribution in [1.82, 2.24) is 4.90 Å². The summed E-state index contributed by atoms with van der Waals surface area (Å²) in [5.41, 5.74) is 0.343. The van der Waals surface area contributed by atoms with Crippen LogP contribution in [0.15, 0.2) is 0 Å². The van der Waals surface area contributed by atoms with Gasteiger partial charge in [-0.2, -0.15) is 0 Å². The highest BCUT2D eigenvalue weighted by Crippen LogP contribution is 2.36. The summed E-state index contributed by atoms with van der Waals surface area (Å²) in [5, 5.41) is -0.301. The predicted octanol–water partition coefficient (Wildman–Crippen LogP) is 3.49. The molecule has 3 heteroatoms. The first-order valence-electron chi connectivity index (χ1n) is 5.28. The van der Waals surface area contributed by atoms with Crippen LogP contribution < -0.4 is 0 Å². The summed E-state index contributed by atoms with van der Waals surface area (Å²) >= 11 is 5.50. The minimum Gasteiger partial charge on any atom is -0.327 e. The van der Waals surface area contributed by atoms with Crippen molar-refractivity contribution in [2.45, 2.75) is 46.6 Å². The quantitative estimate of drug-likeness (QED) is 0.449. The molecule has 1 fully saturated rings. The Morgan fingerprint density at radius 1 is 1.43 bits per heavy atom. The van der Waals surface area contributed by atoms with Crippen molar-refractivity contribution in [2.75, 3.05) is 6.54 Å². The third kappa shape index (κ3) is 2.63. The Labute approximate surface area is 91.6 Å². The van der Waals surface area contributed by atoms with Crippen LogP contribution in [0.4, 0.5) is 4.79 Å². The van der Waals surface area contributed by atoms with Gasteiger partial charge in [-0.3, -0.25) is 4.79 Å². The van der Waals surface area contributed by atoms with E-state index in [1.54, 1.807) is 4.90 Å². The van der Waals surface area contributed by atoms with Gasteiger partial charge in [-0.1, -0.05) is 20.8 Å². The molecule has 0 aromatic carbocycles. The summed E-state index contributed by atoms with van der Waals surface area (Å²) in [6.45, 7) is 9.69. The van der Waals surface area contributed by atoms with E-state index in [0.29, 0.717) is 11.3 Å². The molecule has 0 aromatic rings. The first-order valence-corrected chi connectivity index (χ1v) is 5.66. The number of carbonyl (C=O) groups is 1. The monoisotopic (exact) mass is 217 g/mol. The van der Waals surface area contributed by atoms with Gasteiger partial charge in [0.15, 0.2) is 0 Å². The second kappa shape index (κ2) is 4.09. The van der Waals surface area contributed by atoms with Gasteiger partial charge in [0.2, 0.25) is 0 Å². The van der Waals surface area contributed by atoms with Gasteiger partial charge in [0, 0.05) is 12.6 Å². The second-order valence-electron chi connectivity index (χ2n) is 5.38. The molecule has 1 aliphatic rings. The van der Waals surface area contributed by atoms with E-state index in [9.17, 15) is 4.79 Å². The SMILES string of the molecule is CC1CC(C(C)(C)C)CCN1C(=O)Cl. The maximum atomic E-state index is 11.1. The second-order valence-corrected chi connectivity index (χ2v) is 5.71. The van der Waals surface area contributed by atoms with Crippen LogP contribution in [0, 0.1) is 11.3 Å². The fourth-order valence-electron chi connectivity index (χ4n) is 2.22. The van der Waals surface area contributed by atoms with Crippen molar-refractivity contribution in [3.05, 3.63) is 0 Å². The zero-order valence-electron chi connectivity index (χ0n) is 9.51. The van der Waals surface area contributed by atoms with Crippen LogP contribution in [0.2, 0.25) is 0 Å². The number of piperidine rings is 1. The summed E-state index contributed by atoms with van der Waals surface area (Å²) in [4.78, 5) is 12.8. The van der Waals surface area contributed by atoms with Gasteiger partial charge in [-0.15, -0.1) is 0 Å². The topological polar surface area (TPSA) is 20.3 Å². The highest BCUT2D eigenvalue weighted by Gasteiger charge is 2.33. The fourth-order valence-corrected chi connectivity index (χ4v) is 2.47. The summed E-state index contributed by atoms with van der Waals surface area (Å²) in [6, 6.07) is 0.290. The van der Waals surface area contributed by atoms with Gasteiger partial charge in [0.05, 0.1) is 0 Å². The minimum absolute atomic E-state index is 0.290. The lowest BCUT2D eigenvalue weighted by Gasteiger charge is -2.41. The van der Waals surface area contributed by atoms with Crippen LogP contribution in [-0.2, 0) is 0 Å². The molecule has 82 valence electrons. The maximum Gasteiger partial charge on any atom is 0.316 e. The van der Waals surface area contributed by atoms with Gasteiger partial charge in [-0.25, -0.2) is 0 Å². The Bertz CT molecular complexity index is 222. The molecule has 0 N–H and O–H groups in total. The highest BCUT2D eigenvalue weighted by molar-refractivity contribution is 6.62. The maximum absolute atomic E-state index is 11.1. The largest absolute Gasteiger partial charge is 0.327 e. The van der Waals surface area contributed by atoms with E-state index >= 15 is 0 Å². The summed E-state index contributed by atoms with van der Waals surface area (Å²) in [5.74, 6) is 0.699. The molecule has 2 nitrogen and oxygen atoms in total. The minimum atomic E-state index is -0.301. The molecule has 1 aliphatic heterocycles. The van der Waals surface area contributed by atoms with Crippen LogP contribution in [0.25, 0.3) is 0 Å². The zero-order valence-corrected chi connectivity index (χ0v) is 10.3. The van der Waals surface area contributed by atoms with Crippen molar-refractivity contribution in [2.24, 2.45) is 11.3 Å². The van der Waals surface area contributed by atoms with Gasteiger partial charge in [0.1, 0.15) is 0 Å². The molecule has 1 rings (SSSR count). The summed E-state index contributed by atoms with van der Waals surface area (Å²) in [6.07, 6.45) is 2.15. The summed E-state index contributed by atoms with van der Waals surface area (Å²) < 4.78 is 0. The molecule has 0 spiro atoms. The van der Waals surface area contributed by atoms with E-state index in [4.69, 9.17) is 11.6 Å². The van der Waals surface area contributed by atoms with E-state index in [-0.39, 0.29) is 11.4 Å². The standard InChI is InChI=1S/C11H20ClNO/c1-8-7-9(11(2,3)4)5-6-13(8)10(12)14/h8-9H,5-7H2,1-4H3. The predicted molar refractivity (Wildman–Crippen MR) is 59.6 cm³/mol. The van der Waals surface area contributed by atoms with Gasteiger partial charge in [-0.05, 0) is 42.7 Å². The number of rotatable bonds is 0. The van der Waals surface area contributed by atoms with Crippen LogP contribution in [0.3, 0.4) is 0 Å². The lowest BCUT2D eigenvalue weighted by Crippen LogP contribution is -2.44. The first kappa shape index (κ1) is 11.8. The van der Waals surface area contributed by atoms with Crippen molar-refractivity contribution in [3.63, 3.8) is 0 Å². The molecule has 0 bridgehead atoms. The Morgan fingerprint density at radius 2 is 2.00 bits per heavy atom. The van der Waals surface area contributed by atoms with E-state index < -0.39 is 0 Å². The van der Waals surface area contributed by atoms with Gasteiger partial charge < -0.3 is 4.90 Å². The summed E-state index contributed by atoms with van der Waals surface area (Å²) in [7, 11) is 0. The number of hydrogen-bond donors (Lipinski definition) is 0. The van der Waals surface area contributed by atoms with Crippen LogP contribution >= 0.6 is 11.6 Å². The molecule has 0 radical (unpaired) electrons.